The van der Waals surface area contributed by atoms with E-state index < -0.39 is 0 Å². The van der Waals surface area contributed by atoms with E-state index in [1.807, 2.05) is 0 Å². The van der Waals surface area contributed by atoms with Crippen LogP contribution >= 0.6 is 0 Å². The van der Waals surface area contributed by atoms with Gasteiger partial charge in [0.1, 0.15) is 13.2 Å². The molecule has 0 aromatic carbocycles. The maximum absolute atomic E-state index is 11.6. The quantitative estimate of drug-likeness (QED) is 0.205. The lowest BCUT2D eigenvalue weighted by Crippen LogP contribution is -2.31. The zero-order valence-electron chi connectivity index (χ0n) is 19.2. The lowest BCUT2D eigenvalue weighted by atomic mass is 10.2. The molecule has 0 spiro atoms. The first-order valence-electron chi connectivity index (χ1n) is 11.2. The number of ether oxygens (including phenoxy) is 4. The molecule has 0 atom stereocenters. The van der Waals surface area contributed by atoms with Crippen LogP contribution < -0.4 is 16.0 Å². The number of hydrogen-bond donors (Lipinski definition) is 3. The fourth-order valence-corrected chi connectivity index (χ4v) is 2.30. The zero-order chi connectivity index (χ0) is 23.0. The number of hydrogen-bond acceptors (Lipinski definition) is 7. The van der Waals surface area contributed by atoms with Gasteiger partial charge >= 0.3 is 0 Å². The van der Waals surface area contributed by atoms with Crippen LogP contribution in [0.1, 0.15) is 46.0 Å². The summed E-state index contributed by atoms with van der Waals surface area (Å²) in [4.78, 5) is 34.1. The van der Waals surface area contributed by atoms with Crippen molar-refractivity contribution in [1.29, 1.82) is 0 Å². The van der Waals surface area contributed by atoms with Crippen molar-refractivity contribution < 1.29 is 33.3 Å². The van der Waals surface area contributed by atoms with Gasteiger partial charge in [0.25, 0.3) is 0 Å². The minimum atomic E-state index is -0.231. The summed E-state index contributed by atoms with van der Waals surface area (Å²) in [5, 5.41) is 8.19. The fourth-order valence-electron chi connectivity index (χ4n) is 2.30. The summed E-state index contributed by atoms with van der Waals surface area (Å²) >= 11 is 0. The number of unbranched alkanes of at least 4 members (excludes halogenated alkanes) is 3. The third kappa shape index (κ3) is 22.8. The summed E-state index contributed by atoms with van der Waals surface area (Å²) in [5.74, 6) is -0.355. The standard InChI is InChI=1S/C21H41N3O7/c1-3-5-6-7-8-22-20(26)17-30-15-14-29-12-10-24-21(27)18-31-16-13-28-11-9-23-19(25)4-2/h3-18H2,1-2H3,(H,22,26)(H,23,25)(H,24,27). The van der Waals surface area contributed by atoms with Gasteiger partial charge in [0.05, 0.1) is 39.6 Å². The van der Waals surface area contributed by atoms with E-state index in [-0.39, 0.29) is 30.9 Å². The van der Waals surface area contributed by atoms with Crippen molar-refractivity contribution in [3.8, 4) is 0 Å². The molecule has 0 radical (unpaired) electrons. The summed E-state index contributed by atoms with van der Waals surface area (Å²) in [6, 6.07) is 0. The van der Waals surface area contributed by atoms with Crippen LogP contribution in [0.5, 0.6) is 0 Å². The van der Waals surface area contributed by atoms with Crippen molar-refractivity contribution >= 4 is 17.7 Å². The van der Waals surface area contributed by atoms with E-state index in [9.17, 15) is 14.4 Å². The van der Waals surface area contributed by atoms with Gasteiger partial charge in [-0.05, 0) is 6.42 Å². The van der Waals surface area contributed by atoms with E-state index in [0.717, 1.165) is 12.8 Å². The van der Waals surface area contributed by atoms with Crippen molar-refractivity contribution in [2.24, 2.45) is 0 Å². The lowest BCUT2D eigenvalue weighted by molar-refractivity contribution is -0.127. The van der Waals surface area contributed by atoms with E-state index in [1.54, 1.807) is 6.92 Å². The number of carbonyl (C=O) groups excluding carboxylic acids is 3. The molecule has 0 aromatic rings. The molecule has 31 heavy (non-hydrogen) atoms. The van der Waals surface area contributed by atoms with Gasteiger partial charge in [-0.25, -0.2) is 0 Å². The molecule has 0 saturated heterocycles. The van der Waals surface area contributed by atoms with Gasteiger partial charge < -0.3 is 34.9 Å². The number of rotatable bonds is 22. The lowest BCUT2D eigenvalue weighted by Gasteiger charge is -2.09. The molecule has 0 aromatic heterocycles. The molecular weight excluding hydrogens is 406 g/mol. The van der Waals surface area contributed by atoms with Crippen molar-refractivity contribution in [3.05, 3.63) is 0 Å². The molecule has 3 N–H and O–H groups in total. The SMILES string of the molecule is CCCCCCNC(=O)COCCOCCNC(=O)COCCOCCNC(=O)CC. The summed E-state index contributed by atoms with van der Waals surface area (Å²) in [7, 11) is 0. The fraction of sp³-hybridized carbons (Fsp3) is 0.857. The maximum Gasteiger partial charge on any atom is 0.246 e. The molecule has 0 fully saturated rings. The van der Waals surface area contributed by atoms with Gasteiger partial charge in [0.2, 0.25) is 17.7 Å². The molecule has 10 nitrogen and oxygen atoms in total. The molecule has 0 aliphatic carbocycles. The van der Waals surface area contributed by atoms with Gasteiger partial charge in [-0.15, -0.1) is 0 Å². The molecule has 3 amide bonds. The van der Waals surface area contributed by atoms with E-state index >= 15 is 0 Å². The molecule has 0 unspecified atom stereocenters. The molecule has 0 heterocycles. The van der Waals surface area contributed by atoms with Crippen LogP contribution in [-0.2, 0) is 33.3 Å². The van der Waals surface area contributed by atoms with Crippen molar-refractivity contribution in [1.82, 2.24) is 16.0 Å². The second kappa shape index (κ2) is 22.9. The predicted molar refractivity (Wildman–Crippen MR) is 117 cm³/mol. The maximum atomic E-state index is 11.6. The van der Waals surface area contributed by atoms with Gasteiger partial charge in [-0.1, -0.05) is 33.1 Å². The topological polar surface area (TPSA) is 124 Å². The van der Waals surface area contributed by atoms with E-state index in [1.165, 1.54) is 12.8 Å². The van der Waals surface area contributed by atoms with Crippen LogP contribution in [0.15, 0.2) is 0 Å². The predicted octanol–water partition coefficient (Wildman–Crippen LogP) is 0.392. The number of nitrogens with one attached hydrogen (secondary N) is 3. The monoisotopic (exact) mass is 447 g/mol. The number of amides is 3. The van der Waals surface area contributed by atoms with Crippen molar-refractivity contribution in [2.45, 2.75) is 46.0 Å². The highest BCUT2D eigenvalue weighted by molar-refractivity contribution is 5.77. The molecule has 0 bridgehead atoms. The Morgan fingerprint density at radius 2 is 1.03 bits per heavy atom. The number of carbonyl (C=O) groups is 3. The first-order valence-corrected chi connectivity index (χ1v) is 11.2. The smallest absolute Gasteiger partial charge is 0.246 e. The Kier molecular flexibility index (Phi) is 21.6. The van der Waals surface area contributed by atoms with Crippen LogP contribution in [0, 0.1) is 0 Å². The van der Waals surface area contributed by atoms with Gasteiger partial charge in [0.15, 0.2) is 0 Å². The molecule has 0 rings (SSSR count). The zero-order valence-corrected chi connectivity index (χ0v) is 19.2. The van der Waals surface area contributed by atoms with Crippen molar-refractivity contribution in [2.75, 3.05) is 72.5 Å². The molecule has 0 aliphatic rings. The Labute approximate surface area is 186 Å². The Morgan fingerprint density at radius 3 is 1.55 bits per heavy atom. The van der Waals surface area contributed by atoms with Gasteiger partial charge in [-0.2, -0.15) is 0 Å². The third-order valence-corrected chi connectivity index (χ3v) is 4.02. The molecule has 182 valence electrons. The van der Waals surface area contributed by atoms with E-state index in [4.69, 9.17) is 18.9 Å². The Bertz CT molecular complexity index is 464. The van der Waals surface area contributed by atoms with Gasteiger partial charge in [0, 0.05) is 26.1 Å². The third-order valence-electron chi connectivity index (χ3n) is 4.02. The van der Waals surface area contributed by atoms with Crippen LogP contribution in [0.4, 0.5) is 0 Å². The highest BCUT2D eigenvalue weighted by atomic mass is 16.5. The summed E-state index contributed by atoms with van der Waals surface area (Å²) in [5.41, 5.74) is 0. The first kappa shape index (κ1) is 29.2. The molecule has 0 aliphatic heterocycles. The summed E-state index contributed by atoms with van der Waals surface area (Å²) in [6.07, 6.45) is 4.94. The summed E-state index contributed by atoms with van der Waals surface area (Å²) in [6.45, 7) is 7.53. The van der Waals surface area contributed by atoms with Crippen molar-refractivity contribution in [3.63, 3.8) is 0 Å². The van der Waals surface area contributed by atoms with Crippen LogP contribution in [0.25, 0.3) is 0 Å². The Balaban J connectivity index is 3.29. The largest absolute Gasteiger partial charge is 0.377 e. The molecule has 10 heteroatoms. The van der Waals surface area contributed by atoms with Crippen LogP contribution in [0.3, 0.4) is 0 Å². The minimum absolute atomic E-state index is 0.0103. The van der Waals surface area contributed by atoms with Gasteiger partial charge in [-0.3, -0.25) is 14.4 Å². The summed E-state index contributed by atoms with van der Waals surface area (Å²) < 4.78 is 21.1. The highest BCUT2D eigenvalue weighted by Gasteiger charge is 2.02. The second-order valence-corrected chi connectivity index (χ2v) is 6.79. The second-order valence-electron chi connectivity index (χ2n) is 6.79. The Morgan fingerprint density at radius 1 is 0.548 bits per heavy atom. The van der Waals surface area contributed by atoms with E-state index in [2.05, 4.69) is 22.9 Å². The normalized spacial score (nSPS) is 10.6. The highest BCUT2D eigenvalue weighted by Crippen LogP contribution is 1.96. The molecule has 0 saturated carbocycles. The Hall–Kier alpha value is -1.75. The first-order chi connectivity index (χ1) is 15.1. The van der Waals surface area contributed by atoms with Crippen LogP contribution in [0.2, 0.25) is 0 Å². The minimum Gasteiger partial charge on any atom is -0.377 e. The average Bonchev–Trinajstić information content (AvgIpc) is 2.76. The average molecular weight is 448 g/mol. The molecular formula is C21H41N3O7. The van der Waals surface area contributed by atoms with Crippen LogP contribution in [-0.4, -0.2) is 90.2 Å². The van der Waals surface area contributed by atoms with E-state index in [0.29, 0.717) is 65.7 Å².